The molecule has 0 saturated heterocycles. The summed E-state index contributed by atoms with van der Waals surface area (Å²) < 4.78 is 15.3. The number of hydrogen-bond donors (Lipinski definition) is 0. The molecule has 162 valence electrons. The van der Waals surface area contributed by atoms with Crippen molar-refractivity contribution in [2.45, 2.75) is 13.0 Å². The number of imide groups is 1. The Bertz CT molecular complexity index is 1050. The van der Waals surface area contributed by atoms with Crippen molar-refractivity contribution in [3.63, 3.8) is 0 Å². The number of nitro benzene ring substituents is 1. The van der Waals surface area contributed by atoms with Crippen molar-refractivity contribution in [2.75, 3.05) is 27.4 Å². The second-order valence-electron chi connectivity index (χ2n) is 6.70. The largest absolute Gasteiger partial charge is 0.496 e. The lowest BCUT2D eigenvalue weighted by atomic mass is 10.1. The van der Waals surface area contributed by atoms with E-state index >= 15 is 0 Å². The summed E-state index contributed by atoms with van der Waals surface area (Å²) in [5, 5.41) is 11.0. The zero-order chi connectivity index (χ0) is 22.5. The van der Waals surface area contributed by atoms with Crippen LogP contribution in [-0.2, 0) is 16.1 Å². The summed E-state index contributed by atoms with van der Waals surface area (Å²) in [6, 6.07) is 8.09. The van der Waals surface area contributed by atoms with E-state index in [0.717, 1.165) is 4.90 Å². The summed E-state index contributed by atoms with van der Waals surface area (Å²) in [5.74, 6) is -1.31. The van der Waals surface area contributed by atoms with Crippen LogP contribution in [0.25, 0.3) is 0 Å². The van der Waals surface area contributed by atoms with Gasteiger partial charge >= 0.3 is 5.97 Å². The molecule has 2 aromatic rings. The minimum Gasteiger partial charge on any atom is -0.496 e. The molecule has 0 atom stereocenters. The van der Waals surface area contributed by atoms with E-state index in [1.807, 2.05) is 0 Å². The maximum atomic E-state index is 12.6. The summed E-state index contributed by atoms with van der Waals surface area (Å²) >= 11 is 0. The van der Waals surface area contributed by atoms with E-state index in [4.69, 9.17) is 14.2 Å². The van der Waals surface area contributed by atoms with E-state index in [1.54, 1.807) is 0 Å². The quantitative estimate of drug-likeness (QED) is 0.196. The Hall–Kier alpha value is -3.79. The molecule has 0 aliphatic carbocycles. The third-order valence-electron chi connectivity index (χ3n) is 4.77. The molecular weight excluding hydrogens is 408 g/mol. The SMILES string of the molecule is COCCCN1C(=O)c2ccc(C(=O)OCc3cc([N+](=O)[O-])ccc3OC)cc2C1=O. The summed E-state index contributed by atoms with van der Waals surface area (Å²) in [5.41, 5.74) is 0.594. The normalized spacial score (nSPS) is 12.6. The average Bonchev–Trinajstić information content (AvgIpc) is 3.01. The van der Waals surface area contributed by atoms with Crippen molar-refractivity contribution in [1.29, 1.82) is 0 Å². The third kappa shape index (κ3) is 4.53. The monoisotopic (exact) mass is 428 g/mol. The van der Waals surface area contributed by atoms with Crippen LogP contribution in [0, 0.1) is 10.1 Å². The average molecular weight is 428 g/mol. The van der Waals surface area contributed by atoms with Gasteiger partial charge in [0.15, 0.2) is 0 Å². The van der Waals surface area contributed by atoms with Gasteiger partial charge in [-0.3, -0.25) is 24.6 Å². The Labute approximate surface area is 177 Å². The second kappa shape index (κ2) is 9.35. The molecular formula is C21H20N2O8. The first-order valence-corrected chi connectivity index (χ1v) is 9.35. The standard InChI is InChI=1S/C21H20N2O8/c1-29-9-3-8-22-19(24)16-6-4-13(11-17(16)20(22)25)21(26)31-12-14-10-15(23(27)28)5-7-18(14)30-2/h4-7,10-11H,3,8-9,12H2,1-2H3. The van der Waals surface area contributed by atoms with E-state index in [1.165, 1.54) is 50.6 Å². The first kappa shape index (κ1) is 21.9. The number of non-ortho nitro benzene ring substituents is 1. The highest BCUT2D eigenvalue weighted by molar-refractivity contribution is 6.21. The topological polar surface area (TPSA) is 125 Å². The van der Waals surface area contributed by atoms with Gasteiger partial charge in [0, 0.05) is 38.0 Å². The molecule has 10 nitrogen and oxygen atoms in total. The molecule has 0 spiro atoms. The van der Waals surface area contributed by atoms with Gasteiger partial charge in [-0.05, 0) is 30.7 Å². The molecule has 1 heterocycles. The van der Waals surface area contributed by atoms with Crippen molar-refractivity contribution in [3.8, 4) is 5.75 Å². The number of esters is 1. The Kier molecular flexibility index (Phi) is 6.61. The number of hydrogen-bond acceptors (Lipinski definition) is 8. The molecule has 0 saturated carbocycles. The fraction of sp³-hybridized carbons (Fsp3) is 0.286. The van der Waals surface area contributed by atoms with Gasteiger partial charge in [0.25, 0.3) is 17.5 Å². The molecule has 0 fully saturated rings. The highest BCUT2D eigenvalue weighted by Gasteiger charge is 2.35. The van der Waals surface area contributed by atoms with Gasteiger partial charge in [0.1, 0.15) is 12.4 Å². The van der Waals surface area contributed by atoms with Crippen LogP contribution in [0.3, 0.4) is 0 Å². The number of amides is 2. The van der Waals surface area contributed by atoms with Crippen LogP contribution < -0.4 is 4.74 Å². The molecule has 31 heavy (non-hydrogen) atoms. The van der Waals surface area contributed by atoms with Gasteiger partial charge in [-0.2, -0.15) is 0 Å². The van der Waals surface area contributed by atoms with Crippen molar-refractivity contribution < 1.29 is 33.5 Å². The molecule has 0 radical (unpaired) electrons. The van der Waals surface area contributed by atoms with Crippen molar-refractivity contribution in [2.24, 2.45) is 0 Å². The number of carbonyl (C=O) groups is 3. The maximum Gasteiger partial charge on any atom is 0.338 e. The Morgan fingerprint density at radius 1 is 1.06 bits per heavy atom. The zero-order valence-corrected chi connectivity index (χ0v) is 17.0. The molecule has 1 aliphatic rings. The molecule has 0 bridgehead atoms. The number of benzene rings is 2. The van der Waals surface area contributed by atoms with Gasteiger partial charge in [-0.15, -0.1) is 0 Å². The lowest BCUT2D eigenvalue weighted by molar-refractivity contribution is -0.385. The van der Waals surface area contributed by atoms with Crippen LogP contribution in [-0.4, -0.2) is 55.0 Å². The van der Waals surface area contributed by atoms with Crippen LogP contribution in [0.2, 0.25) is 0 Å². The predicted octanol–water partition coefficient (Wildman–Crippen LogP) is 2.59. The lowest BCUT2D eigenvalue weighted by Gasteiger charge is -2.12. The smallest absolute Gasteiger partial charge is 0.338 e. The minimum atomic E-state index is -0.741. The number of nitro groups is 1. The van der Waals surface area contributed by atoms with Crippen molar-refractivity contribution >= 4 is 23.5 Å². The summed E-state index contributed by atoms with van der Waals surface area (Å²) in [6.45, 7) is 0.357. The van der Waals surface area contributed by atoms with E-state index in [9.17, 15) is 24.5 Å². The van der Waals surface area contributed by atoms with Gasteiger partial charge in [-0.25, -0.2) is 4.79 Å². The first-order chi connectivity index (χ1) is 14.9. The van der Waals surface area contributed by atoms with Gasteiger partial charge in [0.2, 0.25) is 0 Å². The number of nitrogens with zero attached hydrogens (tertiary/aromatic N) is 2. The summed E-state index contributed by atoms with van der Waals surface area (Å²) in [7, 11) is 2.93. The van der Waals surface area contributed by atoms with Crippen LogP contribution in [0.4, 0.5) is 5.69 Å². The van der Waals surface area contributed by atoms with Crippen LogP contribution in [0.15, 0.2) is 36.4 Å². The molecule has 1 aliphatic heterocycles. The van der Waals surface area contributed by atoms with Crippen LogP contribution in [0.5, 0.6) is 5.75 Å². The Morgan fingerprint density at radius 2 is 1.81 bits per heavy atom. The number of ether oxygens (including phenoxy) is 3. The zero-order valence-electron chi connectivity index (χ0n) is 17.0. The molecule has 10 heteroatoms. The molecule has 0 N–H and O–H groups in total. The predicted molar refractivity (Wildman–Crippen MR) is 107 cm³/mol. The van der Waals surface area contributed by atoms with Crippen molar-refractivity contribution in [3.05, 3.63) is 68.8 Å². The summed E-state index contributed by atoms with van der Waals surface area (Å²) in [4.78, 5) is 49.0. The third-order valence-corrected chi connectivity index (χ3v) is 4.77. The number of rotatable bonds is 9. The van der Waals surface area contributed by atoms with Gasteiger partial charge in [-0.1, -0.05) is 0 Å². The van der Waals surface area contributed by atoms with E-state index < -0.39 is 22.7 Å². The minimum absolute atomic E-state index is 0.0861. The number of methoxy groups -OCH3 is 2. The molecule has 2 aromatic carbocycles. The second-order valence-corrected chi connectivity index (χ2v) is 6.70. The Morgan fingerprint density at radius 3 is 2.48 bits per heavy atom. The Balaban J connectivity index is 1.74. The summed E-state index contributed by atoms with van der Waals surface area (Å²) in [6.07, 6.45) is 0.502. The highest BCUT2D eigenvalue weighted by Crippen LogP contribution is 2.27. The van der Waals surface area contributed by atoms with Gasteiger partial charge < -0.3 is 14.2 Å². The first-order valence-electron chi connectivity index (χ1n) is 9.35. The molecule has 0 aromatic heterocycles. The van der Waals surface area contributed by atoms with Gasteiger partial charge in [0.05, 0.1) is 28.7 Å². The highest BCUT2D eigenvalue weighted by atomic mass is 16.6. The van der Waals surface area contributed by atoms with Crippen LogP contribution >= 0.6 is 0 Å². The van der Waals surface area contributed by atoms with E-state index in [-0.39, 0.29) is 35.5 Å². The van der Waals surface area contributed by atoms with Crippen LogP contribution in [0.1, 0.15) is 43.1 Å². The fourth-order valence-corrected chi connectivity index (χ4v) is 3.21. The molecule has 0 unspecified atom stereocenters. The van der Waals surface area contributed by atoms with E-state index in [2.05, 4.69) is 0 Å². The van der Waals surface area contributed by atoms with E-state index in [0.29, 0.717) is 24.3 Å². The van der Waals surface area contributed by atoms with Crippen molar-refractivity contribution in [1.82, 2.24) is 4.90 Å². The molecule has 3 rings (SSSR count). The number of fused-ring (bicyclic) bond motifs is 1. The molecule has 2 amide bonds. The number of carbonyl (C=O) groups excluding carboxylic acids is 3. The fourth-order valence-electron chi connectivity index (χ4n) is 3.21. The lowest BCUT2D eigenvalue weighted by Crippen LogP contribution is -2.31. The maximum absolute atomic E-state index is 12.6.